The van der Waals surface area contributed by atoms with Crippen molar-refractivity contribution in [1.29, 1.82) is 0 Å². The van der Waals surface area contributed by atoms with Crippen LogP contribution in [0.2, 0.25) is 0 Å². The molecule has 0 radical (unpaired) electrons. The van der Waals surface area contributed by atoms with Crippen LogP contribution in [-0.2, 0) is 16.0 Å². The van der Waals surface area contributed by atoms with Crippen LogP contribution in [0.4, 0.5) is 5.69 Å². The first-order chi connectivity index (χ1) is 15.1. The molecule has 2 aliphatic rings. The fourth-order valence-electron chi connectivity index (χ4n) is 4.66. The van der Waals surface area contributed by atoms with E-state index in [-0.39, 0.29) is 23.1 Å². The van der Waals surface area contributed by atoms with Gasteiger partial charge in [-0.1, -0.05) is 0 Å². The number of aryl methyl sites for hydroxylation is 1. The van der Waals surface area contributed by atoms with Gasteiger partial charge in [-0.2, -0.15) is 5.10 Å². The van der Waals surface area contributed by atoms with Crippen molar-refractivity contribution in [3.8, 4) is 5.69 Å². The van der Waals surface area contributed by atoms with Gasteiger partial charge in [-0.25, -0.2) is 4.68 Å². The highest BCUT2D eigenvalue weighted by Gasteiger charge is 2.58. The third-order valence-corrected chi connectivity index (χ3v) is 6.69. The fraction of sp³-hybridized carbons (Fsp3) is 0.375. The number of hydrogen-bond acceptors (Lipinski definition) is 4. The zero-order chi connectivity index (χ0) is 21.3. The summed E-state index contributed by atoms with van der Waals surface area (Å²) in [6.07, 6.45) is 9.08. The second kappa shape index (κ2) is 8.06. The van der Waals surface area contributed by atoms with Crippen molar-refractivity contribution in [2.75, 3.05) is 18.4 Å². The van der Waals surface area contributed by atoms with Crippen LogP contribution in [0.15, 0.2) is 65.5 Å². The lowest BCUT2D eigenvalue weighted by molar-refractivity contribution is -0.132. The molecule has 0 unspecified atom stereocenters. The van der Waals surface area contributed by atoms with Crippen molar-refractivity contribution in [2.24, 2.45) is 11.3 Å². The van der Waals surface area contributed by atoms with Gasteiger partial charge in [0.2, 0.25) is 11.8 Å². The van der Waals surface area contributed by atoms with Crippen molar-refractivity contribution < 1.29 is 14.0 Å². The first kappa shape index (κ1) is 19.6. The molecular formula is C24H26N4O3. The molecule has 3 aromatic rings. The van der Waals surface area contributed by atoms with Gasteiger partial charge in [0.1, 0.15) is 5.76 Å². The zero-order valence-corrected chi connectivity index (χ0v) is 17.4. The lowest BCUT2D eigenvalue weighted by atomic mass is 9.90. The predicted octanol–water partition coefficient (Wildman–Crippen LogP) is 3.67. The van der Waals surface area contributed by atoms with E-state index >= 15 is 0 Å². The number of anilines is 1. The van der Waals surface area contributed by atoms with Crippen LogP contribution < -0.4 is 5.32 Å². The smallest absolute Gasteiger partial charge is 0.228 e. The monoisotopic (exact) mass is 418 g/mol. The third-order valence-electron chi connectivity index (χ3n) is 6.69. The normalized spacial score (nSPS) is 19.4. The van der Waals surface area contributed by atoms with E-state index in [4.69, 9.17) is 4.42 Å². The van der Waals surface area contributed by atoms with Crippen LogP contribution in [0.25, 0.3) is 5.69 Å². The van der Waals surface area contributed by atoms with Gasteiger partial charge in [-0.05, 0) is 67.1 Å². The largest absolute Gasteiger partial charge is 0.469 e. The van der Waals surface area contributed by atoms with Gasteiger partial charge in [-0.3, -0.25) is 9.59 Å². The lowest BCUT2D eigenvalue weighted by Crippen LogP contribution is -2.40. The van der Waals surface area contributed by atoms with E-state index in [1.54, 1.807) is 17.1 Å². The van der Waals surface area contributed by atoms with E-state index in [0.717, 1.165) is 49.5 Å². The minimum Gasteiger partial charge on any atom is -0.469 e. The highest BCUT2D eigenvalue weighted by atomic mass is 16.3. The topological polar surface area (TPSA) is 80.4 Å². The molecule has 1 aromatic carbocycles. The number of amides is 2. The molecule has 31 heavy (non-hydrogen) atoms. The van der Waals surface area contributed by atoms with E-state index in [0.29, 0.717) is 12.8 Å². The Morgan fingerprint density at radius 1 is 1.13 bits per heavy atom. The van der Waals surface area contributed by atoms with Crippen LogP contribution in [0.3, 0.4) is 0 Å². The molecule has 2 fully saturated rings. The molecule has 1 atom stereocenters. The molecule has 7 heteroatoms. The summed E-state index contributed by atoms with van der Waals surface area (Å²) in [7, 11) is 0. The number of carbonyl (C=O) groups excluding carboxylic acids is 2. The number of carbonyl (C=O) groups is 2. The van der Waals surface area contributed by atoms with Crippen LogP contribution >= 0.6 is 0 Å². The molecule has 1 aliphatic heterocycles. The summed E-state index contributed by atoms with van der Waals surface area (Å²) < 4.78 is 7.09. The molecule has 1 saturated carbocycles. The van der Waals surface area contributed by atoms with Gasteiger partial charge in [0.05, 0.1) is 12.0 Å². The van der Waals surface area contributed by atoms with Gasteiger partial charge in [0.15, 0.2) is 0 Å². The van der Waals surface area contributed by atoms with Gasteiger partial charge in [-0.15, -0.1) is 0 Å². The summed E-state index contributed by atoms with van der Waals surface area (Å²) in [6, 6.07) is 13.3. The quantitative estimate of drug-likeness (QED) is 0.662. The second-order valence-corrected chi connectivity index (χ2v) is 8.57. The maximum atomic E-state index is 12.8. The average Bonchev–Trinajstić information content (AvgIpc) is 3.20. The number of hydrogen-bond donors (Lipinski definition) is 1. The Labute approximate surface area is 181 Å². The maximum Gasteiger partial charge on any atom is 0.228 e. The number of nitrogens with zero attached hydrogens (tertiary/aromatic N) is 3. The number of nitrogens with one attached hydrogen (secondary N) is 1. The molecule has 160 valence electrons. The van der Waals surface area contributed by atoms with E-state index in [1.807, 2.05) is 53.6 Å². The summed E-state index contributed by atoms with van der Waals surface area (Å²) in [5, 5.41) is 7.27. The van der Waals surface area contributed by atoms with Crippen molar-refractivity contribution >= 4 is 17.5 Å². The molecule has 1 aliphatic carbocycles. The second-order valence-electron chi connectivity index (χ2n) is 8.57. The SMILES string of the molecule is O=C(Nc1ccc(-n2cccn2)cc1)[C@@H]1CC12CCN(C(=O)CCc1ccco1)CC2. The molecule has 5 rings (SSSR count). The summed E-state index contributed by atoms with van der Waals surface area (Å²) >= 11 is 0. The summed E-state index contributed by atoms with van der Waals surface area (Å²) in [5.74, 6) is 1.15. The number of aromatic nitrogens is 2. The first-order valence-corrected chi connectivity index (χ1v) is 10.8. The number of furan rings is 1. The molecule has 1 N–H and O–H groups in total. The molecule has 3 heterocycles. The standard InChI is InChI=1S/C24H26N4O3/c29-22(9-8-20-3-1-16-31-20)27-14-10-24(11-15-27)17-21(24)23(30)26-18-4-6-19(7-5-18)28-13-2-12-25-28/h1-7,12-13,16,21H,8-11,14-15,17H2,(H,26,30)/t21-/m0/s1. The van der Waals surface area contributed by atoms with Crippen molar-refractivity contribution in [3.05, 3.63) is 66.9 Å². The maximum absolute atomic E-state index is 12.8. The van der Waals surface area contributed by atoms with E-state index in [2.05, 4.69) is 10.4 Å². The summed E-state index contributed by atoms with van der Waals surface area (Å²) in [5.41, 5.74) is 1.82. The Hall–Kier alpha value is -3.35. The number of likely N-dealkylation sites (tertiary alicyclic amines) is 1. The Kier molecular flexibility index (Phi) is 5.10. The first-order valence-electron chi connectivity index (χ1n) is 10.8. The molecule has 2 amide bonds. The highest BCUT2D eigenvalue weighted by molar-refractivity contribution is 5.95. The number of piperidine rings is 1. The summed E-state index contributed by atoms with van der Waals surface area (Å²) in [6.45, 7) is 1.47. The Balaban J connectivity index is 1.10. The van der Waals surface area contributed by atoms with E-state index in [1.165, 1.54) is 0 Å². The molecule has 0 bridgehead atoms. The van der Waals surface area contributed by atoms with E-state index < -0.39 is 0 Å². The van der Waals surface area contributed by atoms with Crippen molar-refractivity contribution in [2.45, 2.75) is 32.1 Å². The van der Waals surface area contributed by atoms with Crippen LogP contribution in [0, 0.1) is 11.3 Å². The predicted molar refractivity (Wildman–Crippen MR) is 116 cm³/mol. The van der Waals surface area contributed by atoms with Gasteiger partial charge in [0, 0.05) is 49.9 Å². The molecular weight excluding hydrogens is 392 g/mol. The number of rotatable bonds is 6. The van der Waals surface area contributed by atoms with Crippen LogP contribution in [-0.4, -0.2) is 39.6 Å². The Bertz CT molecular complexity index is 1030. The molecule has 1 saturated heterocycles. The van der Waals surface area contributed by atoms with Crippen LogP contribution in [0.5, 0.6) is 0 Å². The van der Waals surface area contributed by atoms with E-state index in [9.17, 15) is 9.59 Å². The van der Waals surface area contributed by atoms with Crippen molar-refractivity contribution in [1.82, 2.24) is 14.7 Å². The fourth-order valence-corrected chi connectivity index (χ4v) is 4.66. The summed E-state index contributed by atoms with van der Waals surface area (Å²) in [4.78, 5) is 27.2. The van der Waals surface area contributed by atoms with Crippen molar-refractivity contribution in [3.63, 3.8) is 0 Å². The molecule has 7 nitrogen and oxygen atoms in total. The number of benzene rings is 1. The van der Waals surface area contributed by atoms with Gasteiger partial charge in [0.25, 0.3) is 0 Å². The zero-order valence-electron chi connectivity index (χ0n) is 17.4. The van der Waals surface area contributed by atoms with Gasteiger partial charge < -0.3 is 14.6 Å². The Morgan fingerprint density at radius 3 is 2.61 bits per heavy atom. The molecule has 1 spiro atoms. The van der Waals surface area contributed by atoms with Crippen LogP contribution in [0.1, 0.15) is 31.4 Å². The molecule has 2 aromatic heterocycles. The third kappa shape index (κ3) is 4.13. The Morgan fingerprint density at radius 2 is 1.94 bits per heavy atom. The lowest BCUT2D eigenvalue weighted by Gasteiger charge is -2.33. The average molecular weight is 418 g/mol. The minimum absolute atomic E-state index is 0.0404. The minimum atomic E-state index is 0.0404. The highest BCUT2D eigenvalue weighted by Crippen LogP contribution is 2.59. The van der Waals surface area contributed by atoms with Gasteiger partial charge >= 0.3 is 0 Å².